The lowest BCUT2D eigenvalue weighted by Crippen LogP contribution is -2.15. The molecule has 0 aliphatic carbocycles. The normalized spacial score (nSPS) is 12.8. The standard InChI is InChI=1S/C18H15BrCl2F2NO3P/c1-9-10(2)24(17-15(21)6-5-14(20)16(9)17)8-11-3-4-12(13(19)7-11)18(22,23)28(25,26)27/h3-7H,8H2,1-2H3,(H2,25,26,27). The number of aromatic nitrogens is 1. The van der Waals surface area contributed by atoms with Gasteiger partial charge >= 0.3 is 13.3 Å². The van der Waals surface area contributed by atoms with Crippen molar-refractivity contribution in [2.24, 2.45) is 0 Å². The van der Waals surface area contributed by atoms with Gasteiger partial charge in [-0.2, -0.15) is 8.78 Å². The fraction of sp³-hybridized carbons (Fsp3) is 0.222. The van der Waals surface area contributed by atoms with E-state index >= 15 is 0 Å². The molecule has 0 unspecified atom stereocenters. The van der Waals surface area contributed by atoms with Crippen LogP contribution in [0.3, 0.4) is 0 Å². The highest BCUT2D eigenvalue weighted by atomic mass is 79.9. The Morgan fingerprint density at radius 1 is 1.14 bits per heavy atom. The SMILES string of the molecule is Cc1c(C)n(Cc2ccc(C(F)(F)P(=O)(O)O)c(Br)c2)c2c(Cl)ccc(Cl)c12. The minimum atomic E-state index is -5.65. The van der Waals surface area contributed by atoms with E-state index < -0.39 is 18.8 Å². The lowest BCUT2D eigenvalue weighted by atomic mass is 10.1. The molecule has 0 saturated carbocycles. The highest BCUT2D eigenvalue weighted by Crippen LogP contribution is 2.60. The Bertz CT molecular complexity index is 1140. The molecule has 2 N–H and O–H groups in total. The van der Waals surface area contributed by atoms with E-state index in [1.165, 1.54) is 12.1 Å². The summed E-state index contributed by atoms with van der Waals surface area (Å²) < 4.78 is 41.0. The Balaban J connectivity index is 2.10. The van der Waals surface area contributed by atoms with Crippen molar-refractivity contribution in [1.29, 1.82) is 0 Å². The van der Waals surface area contributed by atoms with Crippen molar-refractivity contribution in [3.8, 4) is 0 Å². The number of hydrogen-bond acceptors (Lipinski definition) is 1. The van der Waals surface area contributed by atoms with Crippen LogP contribution in [0.5, 0.6) is 0 Å². The van der Waals surface area contributed by atoms with Gasteiger partial charge in [-0.3, -0.25) is 4.57 Å². The highest BCUT2D eigenvalue weighted by molar-refractivity contribution is 9.10. The number of aryl methyl sites for hydroxylation is 1. The number of nitrogens with zero attached hydrogens (tertiary/aromatic N) is 1. The molecule has 0 fully saturated rings. The van der Waals surface area contributed by atoms with E-state index in [1.807, 2.05) is 18.4 Å². The first-order chi connectivity index (χ1) is 12.9. The van der Waals surface area contributed by atoms with Crippen LogP contribution in [0.1, 0.15) is 22.4 Å². The predicted octanol–water partition coefficient (Wildman–Crippen LogP) is 6.60. The molecule has 150 valence electrons. The van der Waals surface area contributed by atoms with E-state index in [1.54, 1.807) is 12.1 Å². The summed E-state index contributed by atoms with van der Waals surface area (Å²) in [5, 5.41) is 1.91. The number of benzene rings is 2. The minimum absolute atomic E-state index is 0.0895. The molecule has 0 atom stereocenters. The van der Waals surface area contributed by atoms with Gasteiger partial charge in [0.1, 0.15) is 0 Å². The molecule has 28 heavy (non-hydrogen) atoms. The predicted molar refractivity (Wildman–Crippen MR) is 111 cm³/mol. The van der Waals surface area contributed by atoms with Gasteiger partial charge in [-0.1, -0.05) is 51.3 Å². The molecule has 0 aliphatic rings. The van der Waals surface area contributed by atoms with Crippen molar-refractivity contribution < 1.29 is 23.1 Å². The number of hydrogen-bond donors (Lipinski definition) is 2. The Hall–Kier alpha value is -0.950. The number of alkyl halides is 2. The average molecular weight is 513 g/mol. The Morgan fingerprint density at radius 2 is 1.75 bits per heavy atom. The molecule has 0 amide bonds. The molecule has 0 radical (unpaired) electrons. The maximum Gasteiger partial charge on any atom is 0.399 e. The Kier molecular flexibility index (Phi) is 5.74. The zero-order chi connectivity index (χ0) is 21.0. The van der Waals surface area contributed by atoms with Crippen LogP contribution in [0.2, 0.25) is 10.0 Å². The average Bonchev–Trinajstić information content (AvgIpc) is 2.83. The first-order valence-electron chi connectivity index (χ1n) is 8.02. The van der Waals surface area contributed by atoms with Gasteiger partial charge in [0.15, 0.2) is 0 Å². The van der Waals surface area contributed by atoms with Crippen LogP contribution in [-0.4, -0.2) is 14.4 Å². The molecular formula is C18H15BrCl2F2NO3P. The summed E-state index contributed by atoms with van der Waals surface area (Å²) in [5.74, 6) is 0. The van der Waals surface area contributed by atoms with Crippen LogP contribution in [0.25, 0.3) is 10.9 Å². The maximum atomic E-state index is 14.0. The van der Waals surface area contributed by atoms with Crippen molar-refractivity contribution in [1.82, 2.24) is 4.57 Å². The van der Waals surface area contributed by atoms with Gasteiger partial charge in [0.2, 0.25) is 0 Å². The van der Waals surface area contributed by atoms with Crippen LogP contribution in [-0.2, 0) is 16.8 Å². The van der Waals surface area contributed by atoms with Crippen molar-refractivity contribution in [3.63, 3.8) is 0 Å². The first-order valence-corrected chi connectivity index (χ1v) is 11.2. The topological polar surface area (TPSA) is 62.5 Å². The third-order valence-electron chi connectivity index (χ3n) is 4.73. The number of fused-ring (bicyclic) bond motifs is 1. The summed E-state index contributed by atoms with van der Waals surface area (Å²) in [7, 11) is -5.65. The van der Waals surface area contributed by atoms with Gasteiger partial charge in [0.05, 0.1) is 15.6 Å². The number of rotatable bonds is 4. The second-order valence-corrected chi connectivity index (χ2v) is 9.77. The van der Waals surface area contributed by atoms with Gasteiger partial charge in [-0.25, -0.2) is 0 Å². The fourth-order valence-electron chi connectivity index (χ4n) is 3.15. The summed E-state index contributed by atoms with van der Waals surface area (Å²) in [6.07, 6.45) is 0. The van der Waals surface area contributed by atoms with E-state index in [0.717, 1.165) is 28.2 Å². The molecule has 0 bridgehead atoms. The van der Waals surface area contributed by atoms with E-state index in [-0.39, 0.29) is 4.47 Å². The van der Waals surface area contributed by atoms with Gasteiger partial charge in [-0.05, 0) is 43.2 Å². The molecule has 4 nitrogen and oxygen atoms in total. The summed E-state index contributed by atoms with van der Waals surface area (Å²) >= 11 is 15.7. The van der Waals surface area contributed by atoms with Gasteiger partial charge < -0.3 is 14.4 Å². The molecule has 3 aromatic rings. The Labute approximate surface area is 178 Å². The van der Waals surface area contributed by atoms with Crippen molar-refractivity contribution in [2.75, 3.05) is 0 Å². The zero-order valence-electron chi connectivity index (χ0n) is 14.7. The zero-order valence-corrected chi connectivity index (χ0v) is 18.7. The lowest BCUT2D eigenvalue weighted by Gasteiger charge is -2.20. The van der Waals surface area contributed by atoms with Crippen LogP contribution < -0.4 is 0 Å². The summed E-state index contributed by atoms with van der Waals surface area (Å²) in [4.78, 5) is 17.9. The smallest absolute Gasteiger partial charge is 0.339 e. The monoisotopic (exact) mass is 511 g/mol. The number of halogens is 5. The van der Waals surface area contributed by atoms with Crippen LogP contribution in [0, 0.1) is 13.8 Å². The molecule has 0 saturated heterocycles. The van der Waals surface area contributed by atoms with Crippen molar-refractivity contribution in [2.45, 2.75) is 26.1 Å². The molecule has 3 rings (SSSR count). The molecule has 0 aliphatic heterocycles. The second-order valence-electron chi connectivity index (χ2n) is 6.45. The molecular weight excluding hydrogens is 498 g/mol. The van der Waals surface area contributed by atoms with Crippen LogP contribution in [0.4, 0.5) is 8.78 Å². The summed E-state index contributed by atoms with van der Waals surface area (Å²) in [5.41, 5.74) is -1.78. The molecule has 0 spiro atoms. The van der Waals surface area contributed by atoms with E-state index in [4.69, 9.17) is 33.0 Å². The molecule has 2 aromatic carbocycles. The van der Waals surface area contributed by atoms with E-state index in [2.05, 4.69) is 15.9 Å². The molecule has 1 aromatic heterocycles. The highest BCUT2D eigenvalue weighted by Gasteiger charge is 2.51. The molecule has 1 heterocycles. The maximum absolute atomic E-state index is 14.0. The van der Waals surface area contributed by atoms with Crippen LogP contribution in [0.15, 0.2) is 34.8 Å². The third-order valence-corrected chi connectivity index (χ3v) is 6.98. The quantitative estimate of drug-likeness (QED) is 0.387. The summed E-state index contributed by atoms with van der Waals surface area (Å²) in [6.45, 7) is 4.15. The first kappa shape index (κ1) is 21.8. The minimum Gasteiger partial charge on any atom is -0.339 e. The Morgan fingerprint density at radius 3 is 2.32 bits per heavy atom. The lowest BCUT2D eigenvalue weighted by molar-refractivity contribution is 0.0557. The van der Waals surface area contributed by atoms with Crippen LogP contribution >= 0.6 is 46.7 Å². The van der Waals surface area contributed by atoms with Crippen molar-refractivity contribution in [3.05, 3.63) is 67.2 Å². The largest absolute Gasteiger partial charge is 0.399 e. The fourth-order valence-corrected chi connectivity index (χ4v) is 5.04. The second kappa shape index (κ2) is 7.38. The summed E-state index contributed by atoms with van der Waals surface area (Å²) in [6, 6.07) is 7.25. The van der Waals surface area contributed by atoms with Crippen molar-refractivity contribution >= 4 is 57.6 Å². The van der Waals surface area contributed by atoms with E-state index in [0.29, 0.717) is 22.2 Å². The van der Waals surface area contributed by atoms with E-state index in [9.17, 15) is 13.3 Å². The van der Waals surface area contributed by atoms with Gasteiger partial charge in [0.25, 0.3) is 0 Å². The van der Waals surface area contributed by atoms with Gasteiger partial charge in [-0.15, -0.1) is 0 Å². The molecule has 10 heteroatoms. The third kappa shape index (κ3) is 3.53. The van der Waals surface area contributed by atoms with Gasteiger partial charge in [0, 0.05) is 27.7 Å².